The first-order chi connectivity index (χ1) is 10.2. The Morgan fingerprint density at radius 2 is 0.864 bits per heavy atom. The Labute approximate surface area is 125 Å². The maximum atomic E-state index is 10.8. The van der Waals surface area contributed by atoms with E-state index in [4.69, 9.17) is 20.4 Å². The molecule has 0 heterocycles. The van der Waals surface area contributed by atoms with Crippen LogP contribution in [0.1, 0.15) is 25.7 Å². The van der Waals surface area contributed by atoms with Crippen molar-refractivity contribution in [1.29, 1.82) is 0 Å². The second kappa shape index (κ2) is 7.71. The summed E-state index contributed by atoms with van der Waals surface area (Å²) in [5.41, 5.74) is 0. The topological polar surface area (TPSA) is 173 Å². The van der Waals surface area contributed by atoms with E-state index in [0.29, 0.717) is 25.7 Å². The van der Waals surface area contributed by atoms with Crippen molar-refractivity contribution in [3.05, 3.63) is 0 Å². The summed E-state index contributed by atoms with van der Waals surface area (Å²) in [6.07, 6.45) is 1.67. The van der Waals surface area contributed by atoms with E-state index >= 15 is 0 Å². The molecule has 0 aromatic carbocycles. The van der Waals surface area contributed by atoms with Gasteiger partial charge in [0.15, 0.2) is 0 Å². The van der Waals surface area contributed by atoms with Gasteiger partial charge in [0, 0.05) is 12.1 Å². The van der Waals surface area contributed by atoms with E-state index in [1.807, 2.05) is 0 Å². The fraction of sp³-hybridized carbons (Fsp3) is 0.667. The molecule has 1 aliphatic carbocycles. The molecule has 0 radical (unpaired) electrons. The molecule has 0 bridgehead atoms. The van der Waals surface area contributed by atoms with Gasteiger partial charge >= 0.3 is 23.9 Å². The molecule has 0 saturated heterocycles. The number of nitrogens with one attached hydrogen (secondary N) is 2. The molecule has 1 aliphatic rings. The predicted molar refractivity (Wildman–Crippen MR) is 70.4 cm³/mol. The Morgan fingerprint density at radius 3 is 1.05 bits per heavy atom. The largest absolute Gasteiger partial charge is 0.480 e. The first-order valence-electron chi connectivity index (χ1n) is 6.65. The minimum absolute atomic E-state index is 0.330. The lowest BCUT2D eigenvalue weighted by atomic mass is 9.90. The molecule has 1 rings (SSSR count). The van der Waals surface area contributed by atoms with Crippen molar-refractivity contribution in [2.75, 3.05) is 0 Å². The standard InChI is InChI=1S/C12H18N2O8/c15-9(16)7(10(17)18)13-5-1-2-6(4-3-5)14-8(11(19)20)12(21)22/h5-8,13-14H,1-4H2,(H,15,16)(H,17,18)(H,19,20)(H,21,22). The van der Waals surface area contributed by atoms with Crippen LogP contribution in [0.2, 0.25) is 0 Å². The number of hydrogen-bond acceptors (Lipinski definition) is 6. The first kappa shape index (κ1) is 17.9. The van der Waals surface area contributed by atoms with E-state index in [0.717, 1.165) is 0 Å². The monoisotopic (exact) mass is 318 g/mol. The van der Waals surface area contributed by atoms with Crippen LogP contribution >= 0.6 is 0 Å². The van der Waals surface area contributed by atoms with Crippen LogP contribution in [0.25, 0.3) is 0 Å². The third-order valence-electron chi connectivity index (χ3n) is 3.52. The van der Waals surface area contributed by atoms with Gasteiger partial charge in [-0.15, -0.1) is 0 Å². The number of carboxylic acids is 4. The summed E-state index contributed by atoms with van der Waals surface area (Å²) in [5.74, 6) is -5.93. The Hall–Kier alpha value is -2.20. The molecule has 1 saturated carbocycles. The lowest BCUT2D eigenvalue weighted by Gasteiger charge is -2.31. The second-order valence-electron chi connectivity index (χ2n) is 5.10. The minimum Gasteiger partial charge on any atom is -0.480 e. The van der Waals surface area contributed by atoms with Crippen molar-refractivity contribution in [3.63, 3.8) is 0 Å². The molecule has 22 heavy (non-hydrogen) atoms. The summed E-state index contributed by atoms with van der Waals surface area (Å²) >= 11 is 0. The van der Waals surface area contributed by atoms with Crippen LogP contribution in [-0.4, -0.2) is 68.5 Å². The number of hydrogen-bond donors (Lipinski definition) is 6. The van der Waals surface area contributed by atoms with Crippen molar-refractivity contribution >= 4 is 23.9 Å². The number of rotatable bonds is 8. The van der Waals surface area contributed by atoms with Gasteiger partial charge in [0.1, 0.15) is 0 Å². The smallest absolute Gasteiger partial charge is 0.332 e. The van der Waals surface area contributed by atoms with Gasteiger partial charge in [0.25, 0.3) is 0 Å². The molecule has 1 fully saturated rings. The fourth-order valence-corrected chi connectivity index (χ4v) is 2.39. The summed E-state index contributed by atoms with van der Waals surface area (Å²) in [4.78, 5) is 43.2. The molecule has 0 spiro atoms. The van der Waals surface area contributed by atoms with E-state index in [-0.39, 0.29) is 12.1 Å². The highest BCUT2D eigenvalue weighted by Crippen LogP contribution is 2.19. The number of carboxylic acid groups (broad SMARTS) is 4. The van der Waals surface area contributed by atoms with E-state index in [1.165, 1.54) is 0 Å². The third kappa shape index (κ3) is 4.97. The molecule has 0 amide bonds. The average molecular weight is 318 g/mol. The van der Waals surface area contributed by atoms with Crippen LogP contribution in [0.15, 0.2) is 0 Å². The molecular formula is C12H18N2O8. The van der Waals surface area contributed by atoms with Gasteiger partial charge in [-0.2, -0.15) is 0 Å². The molecule has 0 aromatic heterocycles. The molecule has 10 nitrogen and oxygen atoms in total. The maximum Gasteiger partial charge on any atom is 0.332 e. The highest BCUT2D eigenvalue weighted by Gasteiger charge is 2.33. The fourth-order valence-electron chi connectivity index (χ4n) is 2.39. The van der Waals surface area contributed by atoms with Gasteiger partial charge in [-0.1, -0.05) is 0 Å². The van der Waals surface area contributed by atoms with Gasteiger partial charge in [0.05, 0.1) is 0 Å². The highest BCUT2D eigenvalue weighted by molar-refractivity contribution is 5.97. The predicted octanol–water partition coefficient (Wildman–Crippen LogP) is -1.45. The van der Waals surface area contributed by atoms with E-state index < -0.39 is 36.0 Å². The van der Waals surface area contributed by atoms with Crippen molar-refractivity contribution in [2.45, 2.75) is 49.9 Å². The minimum atomic E-state index is -1.69. The normalized spacial score (nSPS) is 21.7. The van der Waals surface area contributed by atoms with Gasteiger partial charge in [-0.05, 0) is 25.7 Å². The average Bonchev–Trinajstić information content (AvgIpc) is 2.42. The van der Waals surface area contributed by atoms with Crippen LogP contribution in [0.4, 0.5) is 0 Å². The zero-order valence-corrected chi connectivity index (χ0v) is 11.6. The number of carbonyl (C=O) groups is 4. The Morgan fingerprint density at radius 1 is 0.636 bits per heavy atom. The number of aliphatic carboxylic acids is 4. The van der Waals surface area contributed by atoms with Gasteiger partial charge in [-0.3, -0.25) is 10.6 Å². The molecule has 124 valence electrons. The molecular weight excluding hydrogens is 300 g/mol. The Kier molecular flexibility index (Phi) is 6.25. The first-order valence-corrected chi connectivity index (χ1v) is 6.65. The van der Waals surface area contributed by atoms with Crippen LogP contribution in [0, 0.1) is 0 Å². The van der Waals surface area contributed by atoms with Crippen molar-refractivity contribution < 1.29 is 39.6 Å². The zero-order chi connectivity index (χ0) is 16.9. The Bertz CT molecular complexity index is 388. The van der Waals surface area contributed by atoms with E-state index in [1.54, 1.807) is 0 Å². The Balaban J connectivity index is 2.49. The van der Waals surface area contributed by atoms with Crippen molar-refractivity contribution in [3.8, 4) is 0 Å². The van der Waals surface area contributed by atoms with Crippen LogP contribution in [0.3, 0.4) is 0 Å². The summed E-state index contributed by atoms with van der Waals surface area (Å²) in [7, 11) is 0. The van der Waals surface area contributed by atoms with Gasteiger partial charge in [0.2, 0.25) is 12.1 Å². The van der Waals surface area contributed by atoms with Crippen LogP contribution in [-0.2, 0) is 19.2 Å². The quantitative estimate of drug-likeness (QED) is 0.291. The molecule has 0 aromatic rings. The van der Waals surface area contributed by atoms with Gasteiger partial charge < -0.3 is 20.4 Å². The van der Waals surface area contributed by atoms with Crippen LogP contribution in [0.5, 0.6) is 0 Å². The summed E-state index contributed by atoms with van der Waals surface area (Å²) in [6, 6.07) is -4.05. The maximum absolute atomic E-state index is 10.8. The molecule has 10 heteroatoms. The van der Waals surface area contributed by atoms with Crippen molar-refractivity contribution in [2.24, 2.45) is 0 Å². The summed E-state index contributed by atoms with van der Waals surface area (Å²) < 4.78 is 0. The molecule has 0 unspecified atom stereocenters. The van der Waals surface area contributed by atoms with Crippen LogP contribution < -0.4 is 10.6 Å². The van der Waals surface area contributed by atoms with E-state index in [9.17, 15) is 19.2 Å². The third-order valence-corrected chi connectivity index (χ3v) is 3.52. The lowest BCUT2D eigenvalue weighted by molar-refractivity contribution is -0.153. The second-order valence-corrected chi connectivity index (χ2v) is 5.10. The molecule has 0 atom stereocenters. The van der Waals surface area contributed by atoms with Gasteiger partial charge in [-0.25, -0.2) is 19.2 Å². The zero-order valence-electron chi connectivity index (χ0n) is 11.6. The van der Waals surface area contributed by atoms with E-state index in [2.05, 4.69) is 10.6 Å². The molecule has 0 aliphatic heterocycles. The lowest BCUT2D eigenvalue weighted by Crippen LogP contribution is -2.53. The highest BCUT2D eigenvalue weighted by atomic mass is 16.4. The summed E-state index contributed by atoms with van der Waals surface area (Å²) in [5, 5.41) is 40.2. The molecule has 6 N–H and O–H groups in total. The summed E-state index contributed by atoms with van der Waals surface area (Å²) in [6.45, 7) is 0. The SMILES string of the molecule is O=C(O)C(NC1CCC(NC(C(=O)O)C(=O)O)CC1)C(=O)O. The van der Waals surface area contributed by atoms with Crippen molar-refractivity contribution in [1.82, 2.24) is 10.6 Å².